The predicted molar refractivity (Wildman–Crippen MR) is 93.0 cm³/mol. The van der Waals surface area contributed by atoms with Gasteiger partial charge >= 0.3 is 0 Å². The molecule has 2 N–H and O–H groups in total. The van der Waals surface area contributed by atoms with Crippen LogP contribution in [0.3, 0.4) is 0 Å². The van der Waals surface area contributed by atoms with Gasteiger partial charge in [-0.25, -0.2) is 9.97 Å². The molecule has 0 bridgehead atoms. The molecular formula is C17H24N6O2. The fraction of sp³-hybridized carbons (Fsp3) is 0.529. The molecule has 1 unspecified atom stereocenters. The number of amides is 1. The number of nitrogens with two attached hydrogens (primary N) is 1. The summed E-state index contributed by atoms with van der Waals surface area (Å²) in [6.07, 6.45) is 4.31. The lowest BCUT2D eigenvalue weighted by molar-refractivity contribution is 0.0365. The summed E-state index contributed by atoms with van der Waals surface area (Å²) < 4.78 is 7.68. The number of rotatable bonds is 4. The van der Waals surface area contributed by atoms with Gasteiger partial charge in [-0.15, -0.1) is 0 Å². The largest absolute Gasteiger partial charge is 0.374 e. The van der Waals surface area contributed by atoms with Crippen molar-refractivity contribution in [1.82, 2.24) is 24.6 Å². The fourth-order valence-electron chi connectivity index (χ4n) is 2.86. The third-order valence-corrected chi connectivity index (χ3v) is 4.16. The first-order valence-electron chi connectivity index (χ1n) is 8.55. The Morgan fingerprint density at radius 1 is 1.44 bits per heavy atom. The highest BCUT2D eigenvalue weighted by Gasteiger charge is 2.25. The standard InChI is InChI=1S/C17H24N6O2/c1-12(2)14-9-15(21-17(18)20-14)16(24)22-6-4-8-25-13(10-22)11-23-7-3-5-19-23/h3,5,7,9,12-13H,4,6,8,10-11H2,1-2H3,(H2,18,20,21). The summed E-state index contributed by atoms with van der Waals surface area (Å²) in [6.45, 7) is 6.39. The molecule has 1 amide bonds. The van der Waals surface area contributed by atoms with Crippen LogP contribution in [-0.4, -0.2) is 56.4 Å². The van der Waals surface area contributed by atoms with E-state index < -0.39 is 0 Å². The van der Waals surface area contributed by atoms with E-state index in [4.69, 9.17) is 10.5 Å². The van der Waals surface area contributed by atoms with Gasteiger partial charge < -0.3 is 15.4 Å². The summed E-state index contributed by atoms with van der Waals surface area (Å²) in [5.74, 6) is 0.178. The lowest BCUT2D eigenvalue weighted by Gasteiger charge is -2.24. The van der Waals surface area contributed by atoms with Crippen LogP contribution in [0.2, 0.25) is 0 Å². The monoisotopic (exact) mass is 344 g/mol. The molecule has 8 nitrogen and oxygen atoms in total. The molecule has 3 rings (SSSR count). The Labute approximate surface area is 147 Å². The molecule has 3 heterocycles. The number of carbonyl (C=O) groups is 1. The van der Waals surface area contributed by atoms with E-state index in [1.54, 1.807) is 17.2 Å². The van der Waals surface area contributed by atoms with Gasteiger partial charge in [0.1, 0.15) is 5.69 Å². The molecule has 2 aromatic heterocycles. The molecule has 1 aliphatic rings. The Morgan fingerprint density at radius 3 is 3.00 bits per heavy atom. The van der Waals surface area contributed by atoms with Crippen LogP contribution in [0.5, 0.6) is 0 Å². The number of nitrogen functional groups attached to an aromatic ring is 1. The van der Waals surface area contributed by atoms with Crippen LogP contribution in [0.15, 0.2) is 24.5 Å². The van der Waals surface area contributed by atoms with Crippen molar-refractivity contribution in [2.24, 2.45) is 0 Å². The van der Waals surface area contributed by atoms with Crippen molar-refractivity contribution in [2.75, 3.05) is 25.4 Å². The summed E-state index contributed by atoms with van der Waals surface area (Å²) in [6, 6.07) is 3.61. The lowest BCUT2D eigenvalue weighted by atomic mass is 10.1. The van der Waals surface area contributed by atoms with Gasteiger partial charge in [-0.2, -0.15) is 5.10 Å². The molecule has 0 aliphatic carbocycles. The first-order chi connectivity index (χ1) is 12.0. The van der Waals surface area contributed by atoms with Gasteiger partial charge in [0.25, 0.3) is 5.91 Å². The van der Waals surface area contributed by atoms with Gasteiger partial charge in [0.2, 0.25) is 5.95 Å². The molecule has 25 heavy (non-hydrogen) atoms. The number of hydrogen-bond donors (Lipinski definition) is 1. The van der Waals surface area contributed by atoms with E-state index in [0.29, 0.717) is 31.9 Å². The minimum absolute atomic E-state index is 0.102. The third-order valence-electron chi connectivity index (χ3n) is 4.16. The minimum Gasteiger partial charge on any atom is -0.374 e. The molecule has 1 fully saturated rings. The number of ether oxygens (including phenoxy) is 1. The van der Waals surface area contributed by atoms with Gasteiger partial charge in [-0.1, -0.05) is 13.8 Å². The molecule has 1 atom stereocenters. The second kappa shape index (κ2) is 7.60. The van der Waals surface area contributed by atoms with Crippen LogP contribution < -0.4 is 5.73 Å². The first kappa shape index (κ1) is 17.3. The molecule has 2 aromatic rings. The van der Waals surface area contributed by atoms with Crippen LogP contribution >= 0.6 is 0 Å². The summed E-state index contributed by atoms with van der Waals surface area (Å²) in [4.78, 5) is 23.1. The van der Waals surface area contributed by atoms with Gasteiger partial charge in [0.15, 0.2) is 0 Å². The Bertz CT molecular complexity index is 716. The topological polar surface area (TPSA) is 99.2 Å². The number of carbonyl (C=O) groups excluding carboxylic acids is 1. The van der Waals surface area contributed by atoms with Crippen molar-refractivity contribution in [3.63, 3.8) is 0 Å². The normalized spacial score (nSPS) is 18.4. The van der Waals surface area contributed by atoms with Crippen LogP contribution in [0.4, 0.5) is 5.95 Å². The van der Waals surface area contributed by atoms with E-state index in [2.05, 4.69) is 15.1 Å². The van der Waals surface area contributed by atoms with Crippen LogP contribution in [-0.2, 0) is 11.3 Å². The zero-order chi connectivity index (χ0) is 17.8. The van der Waals surface area contributed by atoms with Crippen molar-refractivity contribution in [3.05, 3.63) is 35.9 Å². The highest BCUT2D eigenvalue weighted by atomic mass is 16.5. The van der Waals surface area contributed by atoms with Crippen molar-refractivity contribution < 1.29 is 9.53 Å². The van der Waals surface area contributed by atoms with E-state index in [1.807, 2.05) is 30.8 Å². The summed E-state index contributed by atoms with van der Waals surface area (Å²) in [5, 5.41) is 4.21. The van der Waals surface area contributed by atoms with Gasteiger partial charge in [0, 0.05) is 37.8 Å². The maximum atomic E-state index is 12.9. The Kier molecular flexibility index (Phi) is 5.28. The summed E-state index contributed by atoms with van der Waals surface area (Å²) in [5.41, 5.74) is 6.90. The van der Waals surface area contributed by atoms with Crippen molar-refractivity contribution in [1.29, 1.82) is 0 Å². The molecule has 0 saturated carbocycles. The zero-order valence-electron chi connectivity index (χ0n) is 14.6. The van der Waals surface area contributed by atoms with E-state index in [1.165, 1.54) is 0 Å². The van der Waals surface area contributed by atoms with E-state index in [-0.39, 0.29) is 23.9 Å². The maximum Gasteiger partial charge on any atom is 0.272 e. The summed E-state index contributed by atoms with van der Waals surface area (Å²) in [7, 11) is 0. The smallest absolute Gasteiger partial charge is 0.272 e. The van der Waals surface area contributed by atoms with Gasteiger partial charge in [0.05, 0.1) is 12.6 Å². The Balaban J connectivity index is 1.76. The van der Waals surface area contributed by atoms with Gasteiger partial charge in [-0.05, 0) is 24.5 Å². The number of aromatic nitrogens is 4. The highest BCUT2D eigenvalue weighted by Crippen LogP contribution is 2.16. The van der Waals surface area contributed by atoms with Crippen molar-refractivity contribution >= 4 is 11.9 Å². The van der Waals surface area contributed by atoms with Crippen LogP contribution in [0.1, 0.15) is 42.4 Å². The predicted octanol–water partition coefficient (Wildman–Crippen LogP) is 1.31. The third kappa shape index (κ3) is 4.33. The van der Waals surface area contributed by atoms with Crippen LogP contribution in [0, 0.1) is 0 Å². The first-order valence-corrected chi connectivity index (χ1v) is 8.55. The van der Waals surface area contributed by atoms with Crippen molar-refractivity contribution in [2.45, 2.75) is 38.8 Å². The average molecular weight is 344 g/mol. The molecular weight excluding hydrogens is 320 g/mol. The fourth-order valence-corrected chi connectivity index (χ4v) is 2.86. The lowest BCUT2D eigenvalue weighted by Crippen LogP contribution is -2.39. The van der Waals surface area contributed by atoms with Crippen LogP contribution in [0.25, 0.3) is 0 Å². The van der Waals surface area contributed by atoms with Gasteiger partial charge in [-0.3, -0.25) is 9.48 Å². The highest BCUT2D eigenvalue weighted by molar-refractivity contribution is 5.92. The average Bonchev–Trinajstić information content (AvgIpc) is 2.98. The number of nitrogens with zero attached hydrogens (tertiary/aromatic N) is 5. The van der Waals surface area contributed by atoms with E-state index in [0.717, 1.165) is 12.1 Å². The minimum atomic E-state index is -0.132. The zero-order valence-corrected chi connectivity index (χ0v) is 14.6. The maximum absolute atomic E-state index is 12.9. The summed E-state index contributed by atoms with van der Waals surface area (Å²) >= 11 is 0. The molecule has 0 aromatic carbocycles. The quantitative estimate of drug-likeness (QED) is 0.898. The molecule has 0 radical (unpaired) electrons. The SMILES string of the molecule is CC(C)c1cc(C(=O)N2CCCOC(Cn3cccn3)C2)nc(N)n1. The molecule has 1 saturated heterocycles. The Hall–Kier alpha value is -2.48. The Morgan fingerprint density at radius 2 is 2.28 bits per heavy atom. The molecule has 8 heteroatoms. The number of hydrogen-bond acceptors (Lipinski definition) is 6. The van der Waals surface area contributed by atoms with E-state index in [9.17, 15) is 4.79 Å². The number of anilines is 1. The molecule has 134 valence electrons. The van der Waals surface area contributed by atoms with Crippen molar-refractivity contribution in [3.8, 4) is 0 Å². The molecule has 1 aliphatic heterocycles. The van der Waals surface area contributed by atoms with E-state index >= 15 is 0 Å². The molecule has 0 spiro atoms. The second-order valence-electron chi connectivity index (χ2n) is 6.52. The second-order valence-corrected chi connectivity index (χ2v) is 6.52.